The van der Waals surface area contributed by atoms with Crippen LogP contribution < -0.4 is 15.4 Å². The summed E-state index contributed by atoms with van der Waals surface area (Å²) in [5.41, 5.74) is 0.945. The van der Waals surface area contributed by atoms with Crippen molar-refractivity contribution in [2.24, 2.45) is 0 Å². The molecule has 0 saturated carbocycles. The number of amides is 1. The number of benzene rings is 1. The molecule has 2 N–H and O–H groups in total. The fraction of sp³-hybridized carbons (Fsp3) is 0.417. The molecule has 0 radical (unpaired) electrons. The van der Waals surface area contributed by atoms with Crippen molar-refractivity contribution >= 4 is 17.5 Å². The molecule has 0 spiro atoms. The van der Waals surface area contributed by atoms with E-state index in [9.17, 15) is 4.79 Å². The number of halogens is 1. The summed E-state index contributed by atoms with van der Waals surface area (Å²) in [6, 6.07) is 5.44. The van der Waals surface area contributed by atoms with E-state index in [2.05, 4.69) is 10.6 Å². The highest BCUT2D eigenvalue weighted by Gasteiger charge is 2.03. The molecule has 0 fully saturated rings. The second kappa shape index (κ2) is 7.14. The van der Waals surface area contributed by atoms with Gasteiger partial charge in [-0.1, -0.05) is 24.6 Å². The van der Waals surface area contributed by atoms with Crippen LogP contribution >= 0.6 is 11.6 Å². The minimum absolute atomic E-state index is 0.0289. The zero-order valence-corrected chi connectivity index (χ0v) is 10.8. The molecule has 0 unspecified atom stereocenters. The molecule has 0 atom stereocenters. The molecule has 4 nitrogen and oxygen atoms in total. The molecule has 0 aliphatic rings. The van der Waals surface area contributed by atoms with Gasteiger partial charge in [0, 0.05) is 6.54 Å². The van der Waals surface area contributed by atoms with Crippen LogP contribution in [0.3, 0.4) is 0 Å². The zero-order valence-electron chi connectivity index (χ0n) is 10.0. The first kappa shape index (κ1) is 13.8. The van der Waals surface area contributed by atoms with Crippen molar-refractivity contribution in [3.63, 3.8) is 0 Å². The van der Waals surface area contributed by atoms with E-state index in [-0.39, 0.29) is 5.91 Å². The summed E-state index contributed by atoms with van der Waals surface area (Å²) in [5.74, 6) is 0.605. The van der Waals surface area contributed by atoms with Crippen LogP contribution in [0.5, 0.6) is 5.75 Å². The Bertz CT molecular complexity index is 383. The minimum Gasteiger partial charge on any atom is -0.495 e. The van der Waals surface area contributed by atoms with Gasteiger partial charge in [0.25, 0.3) is 0 Å². The molecule has 0 saturated heterocycles. The third kappa shape index (κ3) is 4.63. The maximum atomic E-state index is 11.4. The Morgan fingerprint density at radius 1 is 1.47 bits per heavy atom. The predicted molar refractivity (Wildman–Crippen MR) is 68.4 cm³/mol. The molecule has 0 aliphatic carbocycles. The largest absolute Gasteiger partial charge is 0.495 e. The van der Waals surface area contributed by atoms with E-state index in [1.807, 2.05) is 13.0 Å². The summed E-state index contributed by atoms with van der Waals surface area (Å²) >= 11 is 5.98. The summed E-state index contributed by atoms with van der Waals surface area (Å²) in [6.07, 6.45) is 0. The summed E-state index contributed by atoms with van der Waals surface area (Å²) in [5, 5.41) is 6.30. The Morgan fingerprint density at radius 2 is 2.24 bits per heavy atom. The van der Waals surface area contributed by atoms with Crippen LogP contribution in [0.25, 0.3) is 0 Å². The van der Waals surface area contributed by atoms with Crippen LogP contribution in [0.4, 0.5) is 0 Å². The molecule has 5 heteroatoms. The lowest BCUT2D eigenvalue weighted by atomic mass is 10.2. The second-order valence-electron chi connectivity index (χ2n) is 3.53. The SMILES string of the molecule is CCNCC(=O)NCc1ccc(OC)c(Cl)c1. The molecule has 0 aliphatic heterocycles. The summed E-state index contributed by atoms with van der Waals surface area (Å²) in [4.78, 5) is 11.4. The highest BCUT2D eigenvalue weighted by atomic mass is 35.5. The van der Waals surface area contributed by atoms with E-state index >= 15 is 0 Å². The molecule has 1 aromatic rings. The topological polar surface area (TPSA) is 50.4 Å². The monoisotopic (exact) mass is 256 g/mol. The minimum atomic E-state index is -0.0289. The molecule has 17 heavy (non-hydrogen) atoms. The maximum Gasteiger partial charge on any atom is 0.234 e. The van der Waals surface area contributed by atoms with Crippen molar-refractivity contribution in [2.45, 2.75) is 13.5 Å². The number of likely N-dealkylation sites (N-methyl/N-ethyl adjacent to an activating group) is 1. The number of hydrogen-bond donors (Lipinski definition) is 2. The Kier molecular flexibility index (Phi) is 5.80. The van der Waals surface area contributed by atoms with E-state index < -0.39 is 0 Å². The third-order valence-electron chi connectivity index (χ3n) is 2.24. The molecule has 94 valence electrons. The Balaban J connectivity index is 2.47. The van der Waals surface area contributed by atoms with E-state index in [4.69, 9.17) is 16.3 Å². The standard InChI is InChI=1S/C12H17ClN2O2/c1-3-14-8-12(16)15-7-9-4-5-11(17-2)10(13)6-9/h4-6,14H,3,7-8H2,1-2H3,(H,15,16). The van der Waals surface area contributed by atoms with Crippen molar-refractivity contribution in [1.29, 1.82) is 0 Å². The second-order valence-corrected chi connectivity index (χ2v) is 3.93. The molecular weight excluding hydrogens is 240 g/mol. The predicted octanol–water partition coefficient (Wildman–Crippen LogP) is 1.57. The number of methoxy groups -OCH3 is 1. The highest BCUT2D eigenvalue weighted by molar-refractivity contribution is 6.32. The smallest absolute Gasteiger partial charge is 0.234 e. The molecule has 1 amide bonds. The van der Waals surface area contributed by atoms with Crippen molar-refractivity contribution < 1.29 is 9.53 Å². The van der Waals surface area contributed by atoms with Crippen molar-refractivity contribution in [3.05, 3.63) is 28.8 Å². The number of carbonyl (C=O) groups is 1. The maximum absolute atomic E-state index is 11.4. The Labute approximate surface area is 106 Å². The van der Waals surface area contributed by atoms with Crippen LogP contribution in [0.15, 0.2) is 18.2 Å². The van der Waals surface area contributed by atoms with Gasteiger partial charge in [0.1, 0.15) is 5.75 Å². The lowest BCUT2D eigenvalue weighted by Crippen LogP contribution is -2.33. The Morgan fingerprint density at radius 3 is 2.82 bits per heavy atom. The summed E-state index contributed by atoms with van der Waals surface area (Å²) in [7, 11) is 1.57. The van der Waals surface area contributed by atoms with Gasteiger partial charge in [0.2, 0.25) is 5.91 Å². The van der Waals surface area contributed by atoms with Gasteiger partial charge in [-0.05, 0) is 24.2 Å². The number of hydrogen-bond acceptors (Lipinski definition) is 3. The van der Waals surface area contributed by atoms with Crippen molar-refractivity contribution in [1.82, 2.24) is 10.6 Å². The first-order valence-electron chi connectivity index (χ1n) is 5.47. The lowest BCUT2D eigenvalue weighted by Gasteiger charge is -2.08. The number of ether oxygens (including phenoxy) is 1. The van der Waals surface area contributed by atoms with Gasteiger partial charge in [-0.15, -0.1) is 0 Å². The highest BCUT2D eigenvalue weighted by Crippen LogP contribution is 2.24. The molecule has 0 aromatic heterocycles. The molecule has 0 heterocycles. The van der Waals surface area contributed by atoms with Gasteiger partial charge in [-0.3, -0.25) is 4.79 Å². The number of nitrogens with one attached hydrogen (secondary N) is 2. The van der Waals surface area contributed by atoms with Gasteiger partial charge >= 0.3 is 0 Å². The van der Waals surface area contributed by atoms with Gasteiger partial charge in [-0.25, -0.2) is 0 Å². The summed E-state index contributed by atoms with van der Waals surface area (Å²) < 4.78 is 5.05. The average molecular weight is 257 g/mol. The van der Waals surface area contributed by atoms with E-state index in [1.165, 1.54) is 0 Å². The first-order valence-corrected chi connectivity index (χ1v) is 5.85. The van der Waals surface area contributed by atoms with Crippen molar-refractivity contribution in [3.8, 4) is 5.75 Å². The Hall–Kier alpha value is -1.26. The van der Waals surface area contributed by atoms with E-state index in [1.54, 1.807) is 19.2 Å². The average Bonchev–Trinajstić information content (AvgIpc) is 2.34. The van der Waals surface area contributed by atoms with Crippen molar-refractivity contribution in [2.75, 3.05) is 20.2 Å². The molecule has 1 aromatic carbocycles. The third-order valence-corrected chi connectivity index (χ3v) is 2.54. The zero-order chi connectivity index (χ0) is 12.7. The normalized spacial score (nSPS) is 10.1. The quantitative estimate of drug-likeness (QED) is 0.813. The van der Waals surface area contributed by atoms with Gasteiger partial charge < -0.3 is 15.4 Å². The first-order chi connectivity index (χ1) is 8.17. The van der Waals surface area contributed by atoms with Crippen LogP contribution in [-0.2, 0) is 11.3 Å². The van der Waals surface area contributed by atoms with Gasteiger partial charge in [0.05, 0.1) is 18.7 Å². The lowest BCUT2D eigenvalue weighted by molar-refractivity contribution is -0.120. The number of rotatable bonds is 6. The van der Waals surface area contributed by atoms with Crippen LogP contribution in [0.2, 0.25) is 5.02 Å². The molecular formula is C12H17ClN2O2. The van der Waals surface area contributed by atoms with Crippen LogP contribution in [0, 0.1) is 0 Å². The van der Waals surface area contributed by atoms with E-state index in [0.29, 0.717) is 23.9 Å². The number of carbonyl (C=O) groups excluding carboxylic acids is 1. The van der Waals surface area contributed by atoms with Gasteiger partial charge in [-0.2, -0.15) is 0 Å². The molecule has 1 rings (SSSR count). The fourth-order valence-corrected chi connectivity index (χ4v) is 1.60. The molecule has 0 bridgehead atoms. The fourth-order valence-electron chi connectivity index (χ4n) is 1.32. The van der Waals surface area contributed by atoms with Crippen LogP contribution in [-0.4, -0.2) is 26.1 Å². The van der Waals surface area contributed by atoms with Gasteiger partial charge in [0.15, 0.2) is 0 Å². The van der Waals surface area contributed by atoms with Crippen LogP contribution in [0.1, 0.15) is 12.5 Å². The van der Waals surface area contributed by atoms with E-state index in [0.717, 1.165) is 12.1 Å². The summed E-state index contributed by atoms with van der Waals surface area (Å²) in [6.45, 7) is 3.53.